The van der Waals surface area contributed by atoms with Crippen LogP contribution in [0.25, 0.3) is 28.2 Å². The van der Waals surface area contributed by atoms with Gasteiger partial charge in [0.1, 0.15) is 23.7 Å². The highest BCUT2D eigenvalue weighted by atomic mass is 16.5. The summed E-state index contributed by atoms with van der Waals surface area (Å²) in [4.78, 5) is 26.3. The molecular formula is C28H24O6. The third-order valence-corrected chi connectivity index (χ3v) is 5.32. The summed E-state index contributed by atoms with van der Waals surface area (Å²) in [5, 5.41) is 0.316. The van der Waals surface area contributed by atoms with Gasteiger partial charge in [-0.15, -0.1) is 0 Å². The lowest BCUT2D eigenvalue weighted by Gasteiger charge is -2.13. The van der Waals surface area contributed by atoms with Gasteiger partial charge in [0.25, 0.3) is 0 Å². The largest absolute Gasteiger partial charge is 0.496 e. The molecule has 1 aromatic heterocycles. The van der Waals surface area contributed by atoms with E-state index < -0.39 is 5.97 Å². The quantitative estimate of drug-likeness (QED) is 0.309. The van der Waals surface area contributed by atoms with E-state index in [0.717, 1.165) is 11.1 Å². The van der Waals surface area contributed by atoms with Gasteiger partial charge in [0.05, 0.1) is 24.7 Å². The van der Waals surface area contributed by atoms with Crippen LogP contribution in [0.1, 0.15) is 28.6 Å². The van der Waals surface area contributed by atoms with Crippen LogP contribution in [-0.2, 0) is 11.3 Å². The maximum atomic E-state index is 13.5. The van der Waals surface area contributed by atoms with E-state index in [1.54, 1.807) is 55.5 Å². The maximum Gasteiger partial charge on any atom is 0.375 e. The molecule has 0 N–H and O–H groups in total. The Morgan fingerprint density at radius 1 is 1.06 bits per heavy atom. The molecule has 0 fully saturated rings. The number of benzene rings is 3. The van der Waals surface area contributed by atoms with E-state index in [1.165, 1.54) is 7.11 Å². The van der Waals surface area contributed by atoms with Crippen LogP contribution < -0.4 is 14.9 Å². The summed E-state index contributed by atoms with van der Waals surface area (Å²) in [5.74, 6) is 0.0440. The summed E-state index contributed by atoms with van der Waals surface area (Å²) in [7, 11) is 1.50. The van der Waals surface area contributed by atoms with Crippen LogP contribution in [0.15, 0.2) is 82.5 Å². The molecule has 0 aliphatic carbocycles. The van der Waals surface area contributed by atoms with E-state index in [9.17, 15) is 9.59 Å². The molecule has 34 heavy (non-hydrogen) atoms. The van der Waals surface area contributed by atoms with Crippen LogP contribution in [-0.4, -0.2) is 19.7 Å². The zero-order chi connectivity index (χ0) is 24.1. The summed E-state index contributed by atoms with van der Waals surface area (Å²) in [6.45, 7) is 5.91. The Hall–Kier alpha value is -4.32. The topological polar surface area (TPSA) is 75.0 Å². The number of ether oxygens (including phenoxy) is 3. The molecule has 0 aliphatic heterocycles. The van der Waals surface area contributed by atoms with Gasteiger partial charge < -0.3 is 18.6 Å². The molecule has 0 unspecified atom stereocenters. The Bertz CT molecular complexity index is 1400. The minimum atomic E-state index is -0.726. The minimum absolute atomic E-state index is 0.0966. The number of fused-ring (bicyclic) bond motifs is 1. The molecule has 1 heterocycles. The second-order valence-corrected chi connectivity index (χ2v) is 7.45. The predicted molar refractivity (Wildman–Crippen MR) is 131 cm³/mol. The molecule has 0 saturated carbocycles. The lowest BCUT2D eigenvalue weighted by atomic mass is 10.0. The van der Waals surface area contributed by atoms with Crippen molar-refractivity contribution in [3.05, 3.63) is 100 Å². The number of carbonyl (C=O) groups is 1. The zero-order valence-corrected chi connectivity index (χ0v) is 19.0. The van der Waals surface area contributed by atoms with Gasteiger partial charge in [-0.05, 0) is 36.2 Å². The molecule has 6 nitrogen and oxygen atoms in total. The molecule has 172 valence electrons. The SMILES string of the molecule is C=Cc1ccc(COc2ccc3c(=O)c(-c4ccccc4OC)c(C(=O)OCC)oc3c2)cc1. The highest BCUT2D eigenvalue weighted by molar-refractivity contribution is 5.98. The lowest BCUT2D eigenvalue weighted by molar-refractivity contribution is 0.0492. The van der Waals surface area contributed by atoms with E-state index in [0.29, 0.717) is 29.1 Å². The smallest absolute Gasteiger partial charge is 0.375 e. The van der Waals surface area contributed by atoms with Crippen molar-refractivity contribution in [1.82, 2.24) is 0 Å². The van der Waals surface area contributed by atoms with Crippen molar-refractivity contribution in [3.63, 3.8) is 0 Å². The van der Waals surface area contributed by atoms with Crippen LogP contribution in [0.2, 0.25) is 0 Å². The molecule has 3 aromatic carbocycles. The minimum Gasteiger partial charge on any atom is -0.496 e. The fourth-order valence-electron chi connectivity index (χ4n) is 3.62. The molecule has 0 aliphatic rings. The fraction of sp³-hybridized carbons (Fsp3) is 0.143. The molecule has 0 amide bonds. The summed E-state index contributed by atoms with van der Waals surface area (Å²) in [6.07, 6.45) is 1.77. The monoisotopic (exact) mass is 456 g/mol. The summed E-state index contributed by atoms with van der Waals surface area (Å²) in [6, 6.07) is 19.7. The normalized spacial score (nSPS) is 10.6. The molecule has 4 aromatic rings. The van der Waals surface area contributed by atoms with E-state index in [4.69, 9.17) is 18.6 Å². The van der Waals surface area contributed by atoms with Gasteiger partial charge in [0.15, 0.2) is 0 Å². The van der Waals surface area contributed by atoms with Crippen molar-refractivity contribution in [3.8, 4) is 22.6 Å². The second kappa shape index (κ2) is 10.1. The Balaban J connectivity index is 1.77. The number of hydrogen-bond acceptors (Lipinski definition) is 6. The number of rotatable bonds is 8. The molecule has 0 atom stereocenters. The number of carbonyl (C=O) groups excluding carboxylic acids is 1. The first-order valence-electron chi connectivity index (χ1n) is 10.8. The summed E-state index contributed by atoms with van der Waals surface area (Å²) < 4.78 is 22.4. The number of methoxy groups -OCH3 is 1. The van der Waals surface area contributed by atoms with E-state index >= 15 is 0 Å². The molecule has 4 rings (SSSR count). The Morgan fingerprint density at radius 3 is 2.53 bits per heavy atom. The Morgan fingerprint density at radius 2 is 1.82 bits per heavy atom. The molecule has 6 heteroatoms. The number of hydrogen-bond donors (Lipinski definition) is 0. The van der Waals surface area contributed by atoms with Crippen molar-refractivity contribution in [2.45, 2.75) is 13.5 Å². The Kier molecular flexibility index (Phi) is 6.78. The molecular weight excluding hydrogens is 432 g/mol. The molecule has 0 bridgehead atoms. The average molecular weight is 456 g/mol. The molecule has 0 saturated heterocycles. The van der Waals surface area contributed by atoms with Crippen LogP contribution in [0, 0.1) is 0 Å². The van der Waals surface area contributed by atoms with Crippen molar-refractivity contribution in [1.29, 1.82) is 0 Å². The molecule has 0 radical (unpaired) electrons. The molecule has 0 spiro atoms. The van der Waals surface area contributed by atoms with E-state index in [-0.39, 0.29) is 28.9 Å². The average Bonchev–Trinajstić information content (AvgIpc) is 2.87. The number of esters is 1. The van der Waals surface area contributed by atoms with Crippen LogP contribution in [0.4, 0.5) is 0 Å². The van der Waals surface area contributed by atoms with Gasteiger partial charge in [-0.1, -0.05) is 55.1 Å². The van der Waals surface area contributed by atoms with Gasteiger partial charge in [0, 0.05) is 11.6 Å². The van der Waals surface area contributed by atoms with Crippen molar-refractivity contribution < 1.29 is 23.4 Å². The first-order valence-corrected chi connectivity index (χ1v) is 10.8. The van der Waals surface area contributed by atoms with Gasteiger partial charge in [0.2, 0.25) is 11.2 Å². The van der Waals surface area contributed by atoms with Crippen LogP contribution in [0.5, 0.6) is 11.5 Å². The second-order valence-electron chi connectivity index (χ2n) is 7.45. The predicted octanol–water partition coefficient (Wildman–Crippen LogP) is 5.87. The van der Waals surface area contributed by atoms with Gasteiger partial charge >= 0.3 is 5.97 Å². The van der Waals surface area contributed by atoms with Crippen molar-refractivity contribution in [2.75, 3.05) is 13.7 Å². The highest BCUT2D eigenvalue weighted by Gasteiger charge is 2.25. The third kappa shape index (κ3) is 4.57. The standard InChI is InChI=1S/C28H24O6/c1-4-18-10-12-19(13-11-18)17-33-20-14-15-22-24(16-20)34-27(28(30)32-5-2)25(26(22)29)21-8-6-7-9-23(21)31-3/h4,6-16H,1,5,17H2,2-3H3. The summed E-state index contributed by atoms with van der Waals surface area (Å²) >= 11 is 0. The van der Waals surface area contributed by atoms with Gasteiger partial charge in [-0.2, -0.15) is 0 Å². The number of para-hydroxylation sites is 1. The van der Waals surface area contributed by atoms with E-state index in [2.05, 4.69) is 6.58 Å². The highest BCUT2D eigenvalue weighted by Crippen LogP contribution is 2.33. The summed E-state index contributed by atoms with van der Waals surface area (Å²) in [5.41, 5.74) is 2.41. The van der Waals surface area contributed by atoms with Gasteiger partial charge in [-0.3, -0.25) is 4.79 Å². The van der Waals surface area contributed by atoms with Gasteiger partial charge in [-0.25, -0.2) is 4.79 Å². The van der Waals surface area contributed by atoms with Crippen molar-refractivity contribution in [2.24, 2.45) is 0 Å². The Labute approximate surface area is 197 Å². The van der Waals surface area contributed by atoms with Crippen LogP contribution >= 0.6 is 0 Å². The first kappa shape index (κ1) is 22.9. The first-order chi connectivity index (χ1) is 16.5. The van der Waals surface area contributed by atoms with Crippen molar-refractivity contribution >= 4 is 23.0 Å². The maximum absolute atomic E-state index is 13.5. The fourth-order valence-corrected chi connectivity index (χ4v) is 3.62. The zero-order valence-electron chi connectivity index (χ0n) is 19.0. The lowest BCUT2D eigenvalue weighted by Crippen LogP contribution is -2.15. The van der Waals surface area contributed by atoms with Crippen LogP contribution in [0.3, 0.4) is 0 Å². The third-order valence-electron chi connectivity index (χ3n) is 5.32. The van der Waals surface area contributed by atoms with E-state index in [1.807, 2.05) is 24.3 Å².